The van der Waals surface area contributed by atoms with Crippen LogP contribution < -0.4 is 0 Å². The van der Waals surface area contributed by atoms with Crippen molar-refractivity contribution in [2.75, 3.05) is 13.1 Å². The highest BCUT2D eigenvalue weighted by atomic mass is 16.2. The highest BCUT2D eigenvalue weighted by Gasteiger charge is 2.29. The van der Waals surface area contributed by atoms with Crippen molar-refractivity contribution >= 4 is 5.91 Å². The van der Waals surface area contributed by atoms with Gasteiger partial charge in [0.1, 0.15) is 5.82 Å². The van der Waals surface area contributed by atoms with Gasteiger partial charge in [-0.2, -0.15) is 0 Å². The highest BCUT2D eigenvalue weighted by Crippen LogP contribution is 2.25. The van der Waals surface area contributed by atoms with Gasteiger partial charge in [-0.05, 0) is 44.4 Å². The van der Waals surface area contributed by atoms with Crippen molar-refractivity contribution in [3.05, 3.63) is 58.7 Å². The summed E-state index contributed by atoms with van der Waals surface area (Å²) >= 11 is 0. The Labute approximate surface area is 137 Å². The predicted molar refractivity (Wildman–Crippen MR) is 90.3 cm³/mol. The first-order valence-corrected chi connectivity index (χ1v) is 8.17. The minimum atomic E-state index is 0.200. The van der Waals surface area contributed by atoms with Crippen molar-refractivity contribution in [3.63, 3.8) is 0 Å². The molecule has 0 bridgehead atoms. The second-order valence-electron chi connectivity index (χ2n) is 6.44. The van der Waals surface area contributed by atoms with E-state index in [-0.39, 0.29) is 11.8 Å². The third-order valence-electron chi connectivity index (χ3n) is 4.51. The van der Waals surface area contributed by atoms with Gasteiger partial charge in [-0.15, -0.1) is 0 Å². The van der Waals surface area contributed by atoms with E-state index >= 15 is 0 Å². The van der Waals surface area contributed by atoms with Crippen LogP contribution in [-0.2, 0) is 11.2 Å². The molecule has 4 nitrogen and oxygen atoms in total. The molecule has 1 aliphatic rings. The van der Waals surface area contributed by atoms with Crippen molar-refractivity contribution in [1.29, 1.82) is 0 Å². The van der Waals surface area contributed by atoms with Gasteiger partial charge in [0.2, 0.25) is 5.91 Å². The molecule has 0 spiro atoms. The highest BCUT2D eigenvalue weighted by molar-refractivity contribution is 5.79. The number of carbonyl (C=O) groups is 1. The number of hydrogen-bond donors (Lipinski definition) is 0. The first-order chi connectivity index (χ1) is 11.0. The SMILES string of the molecule is Cc1cc(C)nc(C2CCN(C(=O)Cc3ccccc3C)C2)n1. The van der Waals surface area contributed by atoms with Crippen molar-refractivity contribution in [3.8, 4) is 0 Å². The summed E-state index contributed by atoms with van der Waals surface area (Å²) in [7, 11) is 0. The van der Waals surface area contributed by atoms with Crippen LogP contribution in [0.3, 0.4) is 0 Å². The summed E-state index contributed by atoms with van der Waals surface area (Å²) in [6.45, 7) is 7.57. The average Bonchev–Trinajstić information content (AvgIpc) is 2.98. The molecule has 0 N–H and O–H groups in total. The predicted octanol–water partition coefficient (Wildman–Crippen LogP) is 2.96. The number of amides is 1. The van der Waals surface area contributed by atoms with Crippen LogP contribution in [0.5, 0.6) is 0 Å². The molecule has 1 aromatic heterocycles. The molecule has 1 unspecified atom stereocenters. The van der Waals surface area contributed by atoms with E-state index in [1.807, 2.05) is 43.0 Å². The summed E-state index contributed by atoms with van der Waals surface area (Å²) < 4.78 is 0. The van der Waals surface area contributed by atoms with Crippen molar-refractivity contribution in [2.45, 2.75) is 39.5 Å². The molecule has 1 aliphatic heterocycles. The van der Waals surface area contributed by atoms with Gasteiger partial charge in [-0.3, -0.25) is 4.79 Å². The third kappa shape index (κ3) is 3.58. The van der Waals surface area contributed by atoms with E-state index < -0.39 is 0 Å². The molecule has 1 aromatic carbocycles. The fourth-order valence-corrected chi connectivity index (χ4v) is 3.22. The van der Waals surface area contributed by atoms with Gasteiger partial charge in [0.25, 0.3) is 0 Å². The van der Waals surface area contributed by atoms with E-state index in [1.165, 1.54) is 5.56 Å². The van der Waals surface area contributed by atoms with Gasteiger partial charge in [0.05, 0.1) is 6.42 Å². The van der Waals surface area contributed by atoms with Crippen LogP contribution in [0.2, 0.25) is 0 Å². The van der Waals surface area contributed by atoms with Gasteiger partial charge < -0.3 is 4.90 Å². The van der Waals surface area contributed by atoms with E-state index in [0.717, 1.165) is 42.3 Å². The Balaban J connectivity index is 1.67. The lowest BCUT2D eigenvalue weighted by atomic mass is 10.1. The summed E-state index contributed by atoms with van der Waals surface area (Å²) in [6.07, 6.45) is 1.43. The Morgan fingerprint density at radius 1 is 1.17 bits per heavy atom. The fraction of sp³-hybridized carbons (Fsp3) is 0.421. The number of aromatic nitrogens is 2. The molecule has 1 fully saturated rings. The van der Waals surface area contributed by atoms with Crippen LogP contribution in [0, 0.1) is 20.8 Å². The summed E-state index contributed by atoms with van der Waals surface area (Å²) in [5.74, 6) is 1.34. The van der Waals surface area contributed by atoms with Gasteiger partial charge in [0.15, 0.2) is 0 Å². The standard InChI is InChI=1S/C19H23N3O/c1-13-6-4-5-7-16(13)11-18(23)22-9-8-17(12-22)19-20-14(2)10-15(3)21-19/h4-7,10,17H,8-9,11-12H2,1-3H3. The van der Waals surface area contributed by atoms with E-state index in [4.69, 9.17) is 0 Å². The molecule has 23 heavy (non-hydrogen) atoms. The molecule has 1 atom stereocenters. The van der Waals surface area contributed by atoms with Crippen LogP contribution in [0.25, 0.3) is 0 Å². The zero-order chi connectivity index (χ0) is 16.4. The summed E-state index contributed by atoms with van der Waals surface area (Å²) in [6, 6.07) is 10.1. The maximum atomic E-state index is 12.6. The molecule has 0 saturated carbocycles. The number of rotatable bonds is 3. The first-order valence-electron chi connectivity index (χ1n) is 8.17. The molecular weight excluding hydrogens is 286 g/mol. The van der Waals surface area contributed by atoms with E-state index in [2.05, 4.69) is 23.0 Å². The molecule has 1 amide bonds. The minimum absolute atomic E-state index is 0.200. The lowest BCUT2D eigenvalue weighted by Crippen LogP contribution is -2.30. The van der Waals surface area contributed by atoms with Crippen LogP contribution >= 0.6 is 0 Å². The number of hydrogen-bond acceptors (Lipinski definition) is 3. The average molecular weight is 309 g/mol. The summed E-state index contributed by atoms with van der Waals surface area (Å²) in [4.78, 5) is 23.6. The maximum absolute atomic E-state index is 12.6. The number of benzene rings is 1. The Kier molecular flexibility index (Phi) is 4.42. The molecule has 0 aliphatic carbocycles. The molecule has 2 aromatic rings. The van der Waals surface area contributed by atoms with Crippen molar-refractivity contribution < 1.29 is 4.79 Å². The van der Waals surface area contributed by atoms with Gasteiger partial charge >= 0.3 is 0 Å². The largest absolute Gasteiger partial charge is 0.342 e. The van der Waals surface area contributed by atoms with Crippen molar-refractivity contribution in [1.82, 2.24) is 14.9 Å². The van der Waals surface area contributed by atoms with Crippen LogP contribution in [-0.4, -0.2) is 33.9 Å². The number of carbonyl (C=O) groups excluding carboxylic acids is 1. The lowest BCUT2D eigenvalue weighted by molar-refractivity contribution is -0.129. The second kappa shape index (κ2) is 6.49. The Hall–Kier alpha value is -2.23. The normalized spacial score (nSPS) is 17.5. The molecule has 3 rings (SSSR count). The van der Waals surface area contributed by atoms with Crippen molar-refractivity contribution in [2.24, 2.45) is 0 Å². The maximum Gasteiger partial charge on any atom is 0.227 e. The van der Waals surface area contributed by atoms with Crippen LogP contribution in [0.4, 0.5) is 0 Å². The number of likely N-dealkylation sites (tertiary alicyclic amines) is 1. The molecule has 4 heteroatoms. The zero-order valence-corrected chi connectivity index (χ0v) is 14.0. The summed E-state index contributed by atoms with van der Waals surface area (Å²) in [5, 5.41) is 0. The Bertz CT molecular complexity index is 706. The molecule has 0 radical (unpaired) electrons. The van der Waals surface area contributed by atoms with Crippen LogP contribution in [0.15, 0.2) is 30.3 Å². The molecular formula is C19H23N3O. The van der Waals surface area contributed by atoms with E-state index in [0.29, 0.717) is 6.42 Å². The van der Waals surface area contributed by atoms with Crippen LogP contribution in [0.1, 0.15) is 40.7 Å². The van der Waals surface area contributed by atoms with E-state index in [1.54, 1.807) is 0 Å². The first kappa shape index (κ1) is 15.7. The number of aryl methyl sites for hydroxylation is 3. The third-order valence-corrected chi connectivity index (χ3v) is 4.51. The summed E-state index contributed by atoms with van der Waals surface area (Å²) in [5.41, 5.74) is 4.28. The Morgan fingerprint density at radius 2 is 1.87 bits per heavy atom. The lowest BCUT2D eigenvalue weighted by Gasteiger charge is -2.17. The number of nitrogens with zero attached hydrogens (tertiary/aromatic N) is 3. The van der Waals surface area contributed by atoms with Gasteiger partial charge in [-0.1, -0.05) is 24.3 Å². The zero-order valence-electron chi connectivity index (χ0n) is 14.0. The van der Waals surface area contributed by atoms with E-state index in [9.17, 15) is 4.79 Å². The minimum Gasteiger partial charge on any atom is -0.342 e. The quantitative estimate of drug-likeness (QED) is 0.875. The fourth-order valence-electron chi connectivity index (χ4n) is 3.22. The monoisotopic (exact) mass is 309 g/mol. The van der Waals surface area contributed by atoms with Gasteiger partial charge in [-0.25, -0.2) is 9.97 Å². The topological polar surface area (TPSA) is 46.1 Å². The van der Waals surface area contributed by atoms with Gasteiger partial charge in [0, 0.05) is 30.4 Å². The Morgan fingerprint density at radius 3 is 2.57 bits per heavy atom. The molecule has 1 saturated heterocycles. The smallest absolute Gasteiger partial charge is 0.227 e. The molecule has 2 heterocycles. The molecule has 120 valence electrons. The second-order valence-corrected chi connectivity index (χ2v) is 6.44.